The van der Waals surface area contributed by atoms with E-state index in [9.17, 15) is 8.78 Å². The first-order valence-electron chi connectivity index (χ1n) is 5.73. The monoisotopic (exact) mass is 258 g/mol. The Morgan fingerprint density at radius 1 is 1.22 bits per heavy atom. The average molecular weight is 258 g/mol. The van der Waals surface area contributed by atoms with Crippen LogP contribution in [0.2, 0.25) is 0 Å². The summed E-state index contributed by atoms with van der Waals surface area (Å²) >= 11 is 0. The molecule has 1 heterocycles. The molecule has 102 valence electrons. The molecule has 0 amide bonds. The van der Waals surface area contributed by atoms with Crippen LogP contribution in [0.4, 0.5) is 20.4 Å². The van der Waals surface area contributed by atoms with E-state index in [0.717, 1.165) is 6.07 Å². The van der Waals surface area contributed by atoms with Gasteiger partial charge in [-0.15, -0.1) is 0 Å². The first-order chi connectivity index (χ1) is 8.27. The Morgan fingerprint density at radius 2 is 1.78 bits per heavy atom. The van der Waals surface area contributed by atoms with E-state index in [1.807, 2.05) is 32.8 Å². The van der Waals surface area contributed by atoms with Crippen LogP contribution in [0.3, 0.4) is 0 Å². The van der Waals surface area contributed by atoms with Crippen molar-refractivity contribution in [1.29, 1.82) is 0 Å². The van der Waals surface area contributed by atoms with Gasteiger partial charge in [0.1, 0.15) is 0 Å². The maximum absolute atomic E-state index is 13.5. The van der Waals surface area contributed by atoms with Crippen LogP contribution in [0.1, 0.15) is 13.8 Å². The number of anilines is 2. The largest absolute Gasteiger partial charge is 0.371 e. The molecule has 1 rings (SSSR count). The van der Waals surface area contributed by atoms with Gasteiger partial charge in [0.2, 0.25) is 0 Å². The Bertz CT molecular complexity index is 419. The molecule has 0 saturated heterocycles. The van der Waals surface area contributed by atoms with Gasteiger partial charge in [0.05, 0.1) is 0 Å². The lowest BCUT2D eigenvalue weighted by Gasteiger charge is -2.32. The smallest absolute Gasteiger partial charge is 0.168 e. The van der Waals surface area contributed by atoms with Gasteiger partial charge in [-0.3, -0.25) is 0 Å². The van der Waals surface area contributed by atoms with Crippen LogP contribution in [-0.4, -0.2) is 43.1 Å². The van der Waals surface area contributed by atoms with Crippen LogP contribution in [0.25, 0.3) is 0 Å². The normalized spacial score (nSPS) is 11.8. The zero-order valence-electron chi connectivity index (χ0n) is 11.4. The molecule has 0 atom stereocenters. The first kappa shape index (κ1) is 14.6. The van der Waals surface area contributed by atoms with Crippen LogP contribution in [0.5, 0.6) is 0 Å². The number of hydrogen-bond donors (Lipinski definition) is 2. The molecule has 0 saturated carbocycles. The van der Waals surface area contributed by atoms with Gasteiger partial charge >= 0.3 is 0 Å². The summed E-state index contributed by atoms with van der Waals surface area (Å²) in [5.74, 6) is -1.31. The van der Waals surface area contributed by atoms with E-state index in [0.29, 0.717) is 6.54 Å². The fourth-order valence-corrected chi connectivity index (χ4v) is 1.22. The summed E-state index contributed by atoms with van der Waals surface area (Å²) in [4.78, 5) is 5.88. The van der Waals surface area contributed by atoms with E-state index >= 15 is 0 Å². The van der Waals surface area contributed by atoms with Gasteiger partial charge in [-0.25, -0.2) is 13.8 Å². The number of nitrogens with zero attached hydrogens (tertiary/aromatic N) is 2. The molecule has 0 bridgehead atoms. The first-order valence-corrected chi connectivity index (χ1v) is 5.73. The SMILES string of the molecule is CNc1nc(NCC(C)(C)N(C)C)c(F)cc1F. The minimum Gasteiger partial charge on any atom is -0.371 e. The van der Waals surface area contributed by atoms with Crippen molar-refractivity contribution in [2.45, 2.75) is 19.4 Å². The van der Waals surface area contributed by atoms with Crippen molar-refractivity contribution in [1.82, 2.24) is 9.88 Å². The second-order valence-electron chi connectivity index (χ2n) is 4.96. The highest BCUT2D eigenvalue weighted by Gasteiger charge is 2.21. The average Bonchev–Trinajstić information content (AvgIpc) is 2.27. The Hall–Kier alpha value is -1.43. The van der Waals surface area contributed by atoms with Crippen LogP contribution in [-0.2, 0) is 0 Å². The van der Waals surface area contributed by atoms with Gasteiger partial charge in [-0.1, -0.05) is 0 Å². The van der Waals surface area contributed by atoms with E-state index in [1.165, 1.54) is 7.05 Å². The second-order valence-corrected chi connectivity index (χ2v) is 4.96. The third-order valence-electron chi connectivity index (χ3n) is 3.07. The maximum atomic E-state index is 13.5. The van der Waals surface area contributed by atoms with Gasteiger partial charge in [-0.05, 0) is 27.9 Å². The van der Waals surface area contributed by atoms with Crippen molar-refractivity contribution < 1.29 is 8.78 Å². The highest BCUT2D eigenvalue weighted by molar-refractivity contribution is 5.47. The zero-order chi connectivity index (χ0) is 13.9. The molecule has 0 aliphatic carbocycles. The molecule has 0 aliphatic heterocycles. The molecular weight excluding hydrogens is 238 g/mol. The Kier molecular flexibility index (Phi) is 4.45. The third-order valence-corrected chi connectivity index (χ3v) is 3.07. The van der Waals surface area contributed by atoms with E-state index in [4.69, 9.17) is 0 Å². The Labute approximate surface area is 106 Å². The van der Waals surface area contributed by atoms with Crippen molar-refractivity contribution in [2.75, 3.05) is 38.3 Å². The summed E-state index contributed by atoms with van der Waals surface area (Å²) < 4.78 is 26.8. The molecule has 6 heteroatoms. The van der Waals surface area contributed by atoms with E-state index in [1.54, 1.807) is 0 Å². The molecule has 4 nitrogen and oxygen atoms in total. The van der Waals surface area contributed by atoms with Gasteiger partial charge < -0.3 is 15.5 Å². The minimum absolute atomic E-state index is 0.0292. The van der Waals surface area contributed by atoms with Crippen LogP contribution >= 0.6 is 0 Å². The molecule has 0 fully saturated rings. The highest BCUT2D eigenvalue weighted by Crippen LogP contribution is 2.20. The summed E-state index contributed by atoms with van der Waals surface area (Å²) in [6.45, 7) is 4.53. The Balaban J connectivity index is 2.85. The molecule has 0 radical (unpaired) electrons. The summed E-state index contributed by atoms with van der Waals surface area (Å²) in [6.07, 6.45) is 0. The molecule has 0 unspecified atom stereocenters. The number of likely N-dealkylation sites (N-methyl/N-ethyl adjacent to an activating group) is 1. The van der Waals surface area contributed by atoms with Gasteiger partial charge in [0.25, 0.3) is 0 Å². The molecule has 0 aliphatic rings. The van der Waals surface area contributed by atoms with Crippen molar-refractivity contribution in [3.05, 3.63) is 17.7 Å². The number of pyridine rings is 1. The number of rotatable bonds is 5. The predicted molar refractivity (Wildman–Crippen MR) is 70.0 cm³/mol. The molecule has 0 spiro atoms. The molecule has 1 aromatic heterocycles. The number of hydrogen-bond acceptors (Lipinski definition) is 4. The minimum atomic E-state index is -0.701. The molecule has 0 aromatic carbocycles. The van der Waals surface area contributed by atoms with Crippen LogP contribution in [0, 0.1) is 11.6 Å². The zero-order valence-corrected chi connectivity index (χ0v) is 11.4. The van der Waals surface area contributed by atoms with Gasteiger partial charge in [0.15, 0.2) is 23.3 Å². The highest BCUT2D eigenvalue weighted by atomic mass is 19.1. The van der Waals surface area contributed by atoms with E-state index in [-0.39, 0.29) is 17.2 Å². The van der Waals surface area contributed by atoms with Gasteiger partial charge in [0, 0.05) is 25.2 Å². The lowest BCUT2D eigenvalue weighted by atomic mass is 10.0. The van der Waals surface area contributed by atoms with Crippen molar-refractivity contribution >= 4 is 11.6 Å². The predicted octanol–water partition coefficient (Wildman–Crippen LogP) is 2.15. The standard InChI is InChI=1S/C12H20F2N4/c1-12(2,18(4)5)7-16-11-9(14)6-8(13)10(15-3)17-11/h6H,7H2,1-5H3,(H2,15,16,17). The fraction of sp³-hybridized carbons (Fsp3) is 0.583. The molecular formula is C12H20F2N4. The van der Waals surface area contributed by atoms with Gasteiger partial charge in [-0.2, -0.15) is 0 Å². The molecule has 18 heavy (non-hydrogen) atoms. The fourth-order valence-electron chi connectivity index (χ4n) is 1.22. The summed E-state index contributed by atoms with van der Waals surface area (Å²) in [5, 5.41) is 5.48. The van der Waals surface area contributed by atoms with Crippen molar-refractivity contribution in [2.24, 2.45) is 0 Å². The van der Waals surface area contributed by atoms with Crippen LogP contribution < -0.4 is 10.6 Å². The topological polar surface area (TPSA) is 40.2 Å². The summed E-state index contributed by atoms with van der Waals surface area (Å²) in [5.41, 5.74) is -0.164. The lowest BCUT2D eigenvalue weighted by Crippen LogP contribution is -2.44. The van der Waals surface area contributed by atoms with Crippen molar-refractivity contribution in [3.63, 3.8) is 0 Å². The van der Waals surface area contributed by atoms with E-state index < -0.39 is 11.6 Å². The summed E-state index contributed by atoms with van der Waals surface area (Å²) in [7, 11) is 5.42. The number of aromatic nitrogens is 1. The van der Waals surface area contributed by atoms with E-state index in [2.05, 4.69) is 15.6 Å². The number of halogens is 2. The summed E-state index contributed by atoms with van der Waals surface area (Å²) in [6, 6.07) is 0.823. The quantitative estimate of drug-likeness (QED) is 0.849. The molecule has 1 aromatic rings. The Morgan fingerprint density at radius 3 is 2.28 bits per heavy atom. The number of nitrogens with one attached hydrogen (secondary N) is 2. The lowest BCUT2D eigenvalue weighted by molar-refractivity contribution is 0.209. The second kappa shape index (κ2) is 5.48. The molecule has 2 N–H and O–H groups in total. The third kappa shape index (κ3) is 3.29. The van der Waals surface area contributed by atoms with Crippen molar-refractivity contribution in [3.8, 4) is 0 Å². The maximum Gasteiger partial charge on any atom is 0.168 e. The van der Waals surface area contributed by atoms with Crippen LogP contribution in [0.15, 0.2) is 6.07 Å².